The van der Waals surface area contributed by atoms with Crippen molar-refractivity contribution in [1.29, 1.82) is 0 Å². The van der Waals surface area contributed by atoms with Crippen LogP contribution in [0.1, 0.15) is 37.5 Å². The fourth-order valence-electron chi connectivity index (χ4n) is 2.92. The van der Waals surface area contributed by atoms with Gasteiger partial charge in [-0.25, -0.2) is 0 Å². The molecule has 148 valence electrons. The number of aryl methyl sites for hydroxylation is 1. The number of aromatic nitrogens is 1. The van der Waals surface area contributed by atoms with Gasteiger partial charge in [0.15, 0.2) is 0 Å². The molecule has 6 heteroatoms. The van der Waals surface area contributed by atoms with Crippen LogP contribution in [0.2, 0.25) is 0 Å². The van der Waals surface area contributed by atoms with Crippen molar-refractivity contribution in [2.75, 3.05) is 7.11 Å². The molecular formula is C23H23N3O3. The summed E-state index contributed by atoms with van der Waals surface area (Å²) in [5.74, 6) is 0.0851. The van der Waals surface area contributed by atoms with E-state index in [-0.39, 0.29) is 17.5 Å². The summed E-state index contributed by atoms with van der Waals surface area (Å²) >= 11 is 0. The maximum atomic E-state index is 12.5. The Morgan fingerprint density at radius 3 is 2.52 bits per heavy atom. The maximum absolute atomic E-state index is 12.5. The van der Waals surface area contributed by atoms with Gasteiger partial charge in [-0.3, -0.25) is 14.6 Å². The number of nitrogens with one attached hydrogen (secondary N) is 2. The first kappa shape index (κ1) is 20.1. The molecule has 0 atom stereocenters. The van der Waals surface area contributed by atoms with Crippen molar-refractivity contribution in [1.82, 2.24) is 15.6 Å². The number of rotatable bonds is 7. The molecule has 6 nitrogen and oxygen atoms in total. The Bertz CT molecular complexity index is 1020. The second kappa shape index (κ2) is 9.50. The van der Waals surface area contributed by atoms with E-state index in [0.717, 1.165) is 16.7 Å². The second-order valence-corrected chi connectivity index (χ2v) is 6.60. The summed E-state index contributed by atoms with van der Waals surface area (Å²) in [6.45, 7) is 2.72. The lowest BCUT2D eigenvalue weighted by Gasteiger charge is -2.10. The highest BCUT2D eigenvalue weighted by Gasteiger charge is 2.12. The van der Waals surface area contributed by atoms with Crippen LogP contribution in [0.4, 0.5) is 0 Å². The summed E-state index contributed by atoms with van der Waals surface area (Å²) in [7, 11) is 1.58. The minimum Gasteiger partial charge on any atom is -0.496 e. The van der Waals surface area contributed by atoms with Crippen molar-refractivity contribution in [2.24, 2.45) is 0 Å². The lowest BCUT2D eigenvalue weighted by atomic mass is 10.1. The van der Waals surface area contributed by atoms with Gasteiger partial charge < -0.3 is 15.4 Å². The molecule has 2 aromatic carbocycles. The molecular weight excluding hydrogens is 366 g/mol. The average Bonchev–Trinajstić information content (AvgIpc) is 2.76. The molecule has 0 saturated heterocycles. The van der Waals surface area contributed by atoms with Gasteiger partial charge in [0.25, 0.3) is 11.8 Å². The van der Waals surface area contributed by atoms with E-state index in [1.165, 1.54) is 12.3 Å². The molecule has 1 aromatic heterocycles. The molecule has 0 aliphatic rings. The van der Waals surface area contributed by atoms with Crippen LogP contribution in [0.15, 0.2) is 66.9 Å². The number of benzene rings is 2. The Balaban J connectivity index is 1.62. The number of methoxy groups -OCH3 is 1. The van der Waals surface area contributed by atoms with Crippen molar-refractivity contribution in [3.05, 3.63) is 94.8 Å². The van der Waals surface area contributed by atoms with Crippen molar-refractivity contribution < 1.29 is 14.3 Å². The number of para-hydroxylation sites is 1. The average molecular weight is 389 g/mol. The van der Waals surface area contributed by atoms with Crippen molar-refractivity contribution in [3.63, 3.8) is 0 Å². The Hall–Kier alpha value is -3.67. The van der Waals surface area contributed by atoms with E-state index in [2.05, 4.69) is 15.6 Å². The first-order chi connectivity index (χ1) is 14.1. The SMILES string of the molecule is COc1ccccc1CNC(=O)c1cc(C(=O)NCc2cccc(C)c2)ccn1. The number of carbonyl (C=O) groups is 2. The van der Waals surface area contributed by atoms with Crippen molar-refractivity contribution >= 4 is 11.8 Å². The summed E-state index contributed by atoms with van der Waals surface area (Å²) in [6.07, 6.45) is 1.46. The molecule has 0 saturated carbocycles. The molecule has 0 fully saturated rings. The van der Waals surface area contributed by atoms with Gasteiger partial charge in [-0.2, -0.15) is 0 Å². The molecule has 0 bridgehead atoms. The summed E-state index contributed by atoms with van der Waals surface area (Å²) in [6, 6.07) is 18.5. The van der Waals surface area contributed by atoms with Crippen LogP contribution in [0, 0.1) is 6.92 Å². The van der Waals surface area contributed by atoms with Crippen LogP contribution in [0.25, 0.3) is 0 Å². The Morgan fingerprint density at radius 2 is 1.72 bits per heavy atom. The molecule has 29 heavy (non-hydrogen) atoms. The highest BCUT2D eigenvalue weighted by Crippen LogP contribution is 2.16. The van der Waals surface area contributed by atoms with Crippen LogP contribution in [0.5, 0.6) is 5.75 Å². The van der Waals surface area contributed by atoms with Gasteiger partial charge in [-0.05, 0) is 30.7 Å². The topological polar surface area (TPSA) is 80.3 Å². The van der Waals surface area contributed by atoms with Crippen LogP contribution in [0.3, 0.4) is 0 Å². The van der Waals surface area contributed by atoms with Gasteiger partial charge in [-0.15, -0.1) is 0 Å². The highest BCUT2D eigenvalue weighted by molar-refractivity contribution is 5.98. The molecule has 1 heterocycles. The quantitative estimate of drug-likeness (QED) is 0.650. The number of amides is 2. The standard InChI is InChI=1S/C23H23N3O3/c1-16-6-5-7-17(12-16)14-25-22(27)18-10-11-24-20(13-18)23(28)26-15-19-8-3-4-9-21(19)29-2/h3-13H,14-15H2,1-2H3,(H,25,27)(H,26,28). The third-order valence-corrected chi connectivity index (χ3v) is 4.42. The van der Waals surface area contributed by atoms with E-state index in [4.69, 9.17) is 4.74 Å². The van der Waals surface area contributed by atoms with Crippen LogP contribution < -0.4 is 15.4 Å². The van der Waals surface area contributed by atoms with Gasteiger partial charge in [0.05, 0.1) is 7.11 Å². The first-order valence-electron chi connectivity index (χ1n) is 9.26. The molecule has 3 rings (SSSR count). The number of nitrogens with zero attached hydrogens (tertiary/aromatic N) is 1. The van der Waals surface area contributed by atoms with Gasteiger partial charge in [-0.1, -0.05) is 48.0 Å². The minimum absolute atomic E-state index is 0.183. The summed E-state index contributed by atoms with van der Waals surface area (Å²) in [5, 5.41) is 5.67. The molecule has 0 spiro atoms. The molecule has 2 amide bonds. The first-order valence-corrected chi connectivity index (χ1v) is 9.26. The smallest absolute Gasteiger partial charge is 0.270 e. The fourth-order valence-corrected chi connectivity index (χ4v) is 2.92. The zero-order valence-electron chi connectivity index (χ0n) is 16.4. The molecule has 0 aliphatic heterocycles. The zero-order chi connectivity index (χ0) is 20.6. The number of carbonyl (C=O) groups excluding carboxylic acids is 2. The Morgan fingerprint density at radius 1 is 0.931 bits per heavy atom. The number of hydrogen-bond acceptors (Lipinski definition) is 4. The molecule has 0 radical (unpaired) electrons. The highest BCUT2D eigenvalue weighted by atomic mass is 16.5. The van der Waals surface area contributed by atoms with E-state index in [1.54, 1.807) is 13.2 Å². The van der Waals surface area contributed by atoms with Crippen molar-refractivity contribution in [2.45, 2.75) is 20.0 Å². The normalized spacial score (nSPS) is 10.3. The summed E-state index contributed by atoms with van der Waals surface area (Å²) in [5.41, 5.74) is 3.57. The Labute approximate surface area is 169 Å². The number of hydrogen-bond donors (Lipinski definition) is 2. The minimum atomic E-state index is -0.357. The van der Waals surface area contributed by atoms with E-state index < -0.39 is 0 Å². The van der Waals surface area contributed by atoms with E-state index in [1.807, 2.05) is 55.5 Å². The molecule has 0 aliphatic carbocycles. The number of ether oxygens (including phenoxy) is 1. The predicted octanol–water partition coefficient (Wildman–Crippen LogP) is 3.26. The Kier molecular flexibility index (Phi) is 6.58. The number of pyridine rings is 1. The molecule has 2 N–H and O–H groups in total. The van der Waals surface area contributed by atoms with Gasteiger partial charge in [0.1, 0.15) is 11.4 Å². The van der Waals surface area contributed by atoms with E-state index in [0.29, 0.717) is 24.4 Å². The lowest BCUT2D eigenvalue weighted by Crippen LogP contribution is -2.26. The molecule has 0 unspecified atom stereocenters. The lowest BCUT2D eigenvalue weighted by molar-refractivity contribution is 0.0945. The maximum Gasteiger partial charge on any atom is 0.270 e. The van der Waals surface area contributed by atoms with Gasteiger partial charge in [0, 0.05) is 30.4 Å². The second-order valence-electron chi connectivity index (χ2n) is 6.60. The summed E-state index contributed by atoms with van der Waals surface area (Å²) in [4.78, 5) is 29.0. The summed E-state index contributed by atoms with van der Waals surface area (Å²) < 4.78 is 5.28. The van der Waals surface area contributed by atoms with Crippen LogP contribution in [-0.4, -0.2) is 23.9 Å². The third-order valence-electron chi connectivity index (χ3n) is 4.42. The third kappa shape index (κ3) is 5.42. The van der Waals surface area contributed by atoms with Crippen LogP contribution >= 0.6 is 0 Å². The molecule has 3 aromatic rings. The van der Waals surface area contributed by atoms with E-state index >= 15 is 0 Å². The monoisotopic (exact) mass is 389 g/mol. The predicted molar refractivity (Wildman–Crippen MR) is 111 cm³/mol. The fraction of sp³-hybridized carbons (Fsp3) is 0.174. The van der Waals surface area contributed by atoms with Crippen LogP contribution in [-0.2, 0) is 13.1 Å². The largest absolute Gasteiger partial charge is 0.496 e. The zero-order valence-corrected chi connectivity index (χ0v) is 16.4. The van der Waals surface area contributed by atoms with Crippen molar-refractivity contribution in [3.8, 4) is 5.75 Å². The van der Waals surface area contributed by atoms with Gasteiger partial charge in [0.2, 0.25) is 0 Å². The van der Waals surface area contributed by atoms with Gasteiger partial charge >= 0.3 is 0 Å². The van der Waals surface area contributed by atoms with E-state index in [9.17, 15) is 9.59 Å².